The largest absolute Gasteiger partial charge is 0.486 e. The zero-order valence-electron chi connectivity index (χ0n) is 22.0. The van der Waals surface area contributed by atoms with Gasteiger partial charge in [0.25, 0.3) is 0 Å². The van der Waals surface area contributed by atoms with Crippen LogP contribution in [0.2, 0.25) is 5.02 Å². The smallest absolute Gasteiger partial charge is 0.316 e. The van der Waals surface area contributed by atoms with Gasteiger partial charge in [0, 0.05) is 42.0 Å². The van der Waals surface area contributed by atoms with E-state index in [2.05, 4.69) is 22.2 Å². The zero-order chi connectivity index (χ0) is 28.1. The minimum Gasteiger partial charge on any atom is -0.486 e. The maximum atomic E-state index is 13.6. The highest BCUT2D eigenvalue weighted by Gasteiger charge is 2.39. The third-order valence-electron chi connectivity index (χ3n) is 7.69. The Morgan fingerprint density at radius 3 is 2.62 bits per heavy atom. The van der Waals surface area contributed by atoms with E-state index >= 15 is 0 Å². The van der Waals surface area contributed by atoms with Gasteiger partial charge in [-0.1, -0.05) is 36.7 Å². The summed E-state index contributed by atoms with van der Waals surface area (Å²) in [6, 6.07) is 10.4. The summed E-state index contributed by atoms with van der Waals surface area (Å²) in [6.45, 7) is 3.82. The summed E-state index contributed by atoms with van der Waals surface area (Å²) < 4.78 is 35.5. The molecule has 2 aromatic carbocycles. The van der Waals surface area contributed by atoms with Gasteiger partial charge in [-0.3, -0.25) is 9.89 Å². The van der Waals surface area contributed by atoms with Crippen molar-refractivity contribution < 1.29 is 13.2 Å². The summed E-state index contributed by atoms with van der Waals surface area (Å²) >= 11 is 6.15. The van der Waals surface area contributed by atoms with Crippen molar-refractivity contribution in [2.75, 3.05) is 43.4 Å². The molecule has 0 atom stereocenters. The van der Waals surface area contributed by atoms with Crippen LogP contribution in [0.15, 0.2) is 53.6 Å². The number of halogens is 1. The molecule has 0 unspecified atom stereocenters. The molecule has 1 saturated heterocycles. The average molecular weight is 584 g/mol. The third kappa shape index (κ3) is 5.14. The first-order valence-corrected chi connectivity index (χ1v) is 15.1. The number of sulfonamides is 1. The molecular weight excluding hydrogens is 554 g/mol. The lowest BCUT2D eigenvalue weighted by Gasteiger charge is -2.35. The van der Waals surface area contributed by atoms with Gasteiger partial charge in [-0.25, -0.2) is 8.42 Å². The first-order chi connectivity index (χ1) is 19.1. The van der Waals surface area contributed by atoms with Gasteiger partial charge in [0.15, 0.2) is 0 Å². The van der Waals surface area contributed by atoms with Crippen LogP contribution >= 0.6 is 11.6 Å². The number of anilines is 2. The molecule has 13 heteroatoms. The molecule has 4 aromatic rings. The van der Waals surface area contributed by atoms with E-state index in [4.69, 9.17) is 22.1 Å². The van der Waals surface area contributed by atoms with Crippen molar-refractivity contribution in [1.29, 1.82) is 0 Å². The van der Waals surface area contributed by atoms with E-state index in [0.29, 0.717) is 52.9 Å². The van der Waals surface area contributed by atoms with Crippen molar-refractivity contribution in [2.24, 2.45) is 5.41 Å². The Balaban J connectivity index is 1.22. The second-order valence-corrected chi connectivity index (χ2v) is 13.2. The van der Waals surface area contributed by atoms with E-state index in [1.165, 1.54) is 8.99 Å². The number of nitrogen functional groups attached to an aromatic ring is 1. The maximum Gasteiger partial charge on any atom is 0.316 e. The number of hydrogen-bond acceptors (Lipinski definition) is 8. The number of benzene rings is 2. The van der Waals surface area contributed by atoms with Crippen molar-refractivity contribution >= 4 is 43.9 Å². The number of fused-ring (bicyclic) bond motifs is 1. The number of aromatic nitrogens is 4. The maximum absolute atomic E-state index is 13.6. The number of aromatic amines is 1. The first kappa shape index (κ1) is 26.6. The molecule has 1 aliphatic carbocycles. The molecule has 3 heterocycles. The lowest BCUT2D eigenvalue weighted by molar-refractivity contribution is 0.242. The minimum atomic E-state index is -3.64. The van der Waals surface area contributed by atoms with E-state index < -0.39 is 10.0 Å². The molecule has 0 bridgehead atoms. The van der Waals surface area contributed by atoms with Crippen LogP contribution in [-0.2, 0) is 15.8 Å². The third-order valence-corrected chi connectivity index (χ3v) is 9.76. The molecular formula is C27H30ClN7O4S. The van der Waals surface area contributed by atoms with Crippen LogP contribution in [0.5, 0.6) is 5.75 Å². The molecule has 6 rings (SSSR count). The van der Waals surface area contributed by atoms with Gasteiger partial charge >= 0.3 is 5.56 Å². The molecule has 2 aliphatic rings. The Morgan fingerprint density at radius 1 is 1.12 bits per heavy atom. The van der Waals surface area contributed by atoms with Crippen LogP contribution in [0.25, 0.3) is 16.6 Å². The normalized spacial score (nSPS) is 17.3. The van der Waals surface area contributed by atoms with Crippen LogP contribution in [-0.4, -0.2) is 65.5 Å². The fourth-order valence-corrected chi connectivity index (χ4v) is 6.62. The fourth-order valence-electron chi connectivity index (χ4n) is 4.89. The number of nitrogens with two attached hydrogens (primary N) is 1. The first-order valence-electron chi connectivity index (χ1n) is 13.1. The van der Waals surface area contributed by atoms with Gasteiger partial charge in [0.05, 0.1) is 41.6 Å². The predicted octanol–water partition coefficient (Wildman–Crippen LogP) is 3.18. The van der Waals surface area contributed by atoms with E-state index in [1.807, 2.05) is 4.90 Å². The highest BCUT2D eigenvalue weighted by Crippen LogP contribution is 2.45. The Kier molecular flexibility index (Phi) is 6.71. The molecule has 2 fully saturated rings. The van der Waals surface area contributed by atoms with Crippen LogP contribution in [0.3, 0.4) is 0 Å². The molecule has 0 amide bonds. The molecule has 0 radical (unpaired) electrons. The van der Waals surface area contributed by atoms with E-state index in [9.17, 15) is 13.2 Å². The molecule has 11 nitrogen and oxygen atoms in total. The Hall–Kier alpha value is -3.61. The van der Waals surface area contributed by atoms with Crippen molar-refractivity contribution in [3.05, 3.63) is 69.7 Å². The van der Waals surface area contributed by atoms with Gasteiger partial charge in [0.2, 0.25) is 15.8 Å². The molecule has 210 valence electrons. The van der Waals surface area contributed by atoms with Crippen molar-refractivity contribution in [1.82, 2.24) is 24.3 Å². The number of piperazine rings is 1. The number of nitrogens with zero attached hydrogens (tertiary/aromatic N) is 5. The summed E-state index contributed by atoms with van der Waals surface area (Å²) in [5.74, 6) is -0.00197. The van der Waals surface area contributed by atoms with Gasteiger partial charge in [-0.05, 0) is 36.6 Å². The van der Waals surface area contributed by atoms with Gasteiger partial charge in [0.1, 0.15) is 5.69 Å². The number of hydrogen-bond donors (Lipinski definition) is 2. The highest BCUT2D eigenvalue weighted by atomic mass is 35.5. The summed E-state index contributed by atoms with van der Waals surface area (Å²) in [6.07, 6.45) is 5.35. The highest BCUT2D eigenvalue weighted by molar-refractivity contribution is 7.88. The van der Waals surface area contributed by atoms with E-state index in [-0.39, 0.29) is 35.6 Å². The standard InChI is InChI=1S/C27H30ClN7O4S/c1-27(7-8-27)17-39-25-22(15-31-35(26(25)36)21-4-2-3-20(28)13-21)33-9-11-34(12-10-33)40(37,38)16-19-6-5-18-14-30-32-24(18)23(19)29/h2-6,13-15H,7-12,16-17,29H2,1H3,(H,30,32). The quantitative estimate of drug-likeness (QED) is 0.302. The average Bonchev–Trinajstić information content (AvgIpc) is 3.47. The molecule has 3 N–H and O–H groups in total. The monoisotopic (exact) mass is 583 g/mol. The number of nitrogens with one attached hydrogen (secondary N) is 1. The van der Waals surface area contributed by atoms with Crippen LogP contribution < -0.4 is 20.9 Å². The van der Waals surface area contributed by atoms with Crippen LogP contribution in [0.4, 0.5) is 11.4 Å². The number of rotatable bonds is 8. The summed E-state index contributed by atoms with van der Waals surface area (Å²) in [7, 11) is -3.64. The lowest BCUT2D eigenvalue weighted by atomic mass is 10.1. The molecule has 1 aliphatic heterocycles. The SMILES string of the molecule is CC1(COc2c(N3CCN(S(=O)(=O)Cc4ccc5cn[nH]c5c4N)CC3)cnn(-c3cccc(Cl)c3)c2=O)CC1. The van der Waals surface area contributed by atoms with Crippen molar-refractivity contribution in [3.63, 3.8) is 0 Å². The summed E-state index contributed by atoms with van der Waals surface area (Å²) in [5.41, 5.74) is 8.53. The van der Waals surface area contributed by atoms with Gasteiger partial charge in [-0.2, -0.15) is 19.2 Å². The molecule has 40 heavy (non-hydrogen) atoms. The van der Waals surface area contributed by atoms with Crippen molar-refractivity contribution in [3.8, 4) is 11.4 Å². The zero-order valence-corrected chi connectivity index (χ0v) is 23.6. The molecule has 1 saturated carbocycles. The second-order valence-electron chi connectivity index (χ2n) is 10.8. The Morgan fingerprint density at radius 2 is 1.90 bits per heavy atom. The summed E-state index contributed by atoms with van der Waals surface area (Å²) in [5, 5.41) is 12.5. The van der Waals surface area contributed by atoms with Gasteiger partial charge < -0.3 is 15.4 Å². The Labute approximate surface area is 236 Å². The van der Waals surface area contributed by atoms with Crippen molar-refractivity contribution in [2.45, 2.75) is 25.5 Å². The topological polar surface area (TPSA) is 139 Å². The van der Waals surface area contributed by atoms with Gasteiger partial charge in [-0.15, -0.1) is 0 Å². The number of H-pyrrole nitrogens is 1. The van der Waals surface area contributed by atoms with Crippen LogP contribution in [0, 0.1) is 5.41 Å². The van der Waals surface area contributed by atoms with E-state index in [1.54, 1.807) is 48.8 Å². The minimum absolute atomic E-state index is 0.0572. The molecule has 2 aromatic heterocycles. The lowest BCUT2D eigenvalue weighted by Crippen LogP contribution is -2.49. The van der Waals surface area contributed by atoms with Crippen LogP contribution in [0.1, 0.15) is 25.3 Å². The molecule has 0 spiro atoms. The fraction of sp³-hybridized carbons (Fsp3) is 0.370. The second kappa shape index (κ2) is 10.1. The number of ether oxygens (including phenoxy) is 1. The predicted molar refractivity (Wildman–Crippen MR) is 155 cm³/mol. The Bertz CT molecular complexity index is 1740. The van der Waals surface area contributed by atoms with E-state index in [0.717, 1.165) is 18.2 Å². The summed E-state index contributed by atoms with van der Waals surface area (Å²) in [4.78, 5) is 15.6.